The number of hydrogen-bond donors (Lipinski definition) is 3. The van der Waals surface area contributed by atoms with Gasteiger partial charge in [0.15, 0.2) is 0 Å². The molecule has 0 radical (unpaired) electrons. The molecule has 33 heavy (non-hydrogen) atoms. The van der Waals surface area contributed by atoms with Crippen molar-refractivity contribution in [1.29, 1.82) is 0 Å². The average Bonchev–Trinajstić information content (AvgIpc) is 2.92. The molecule has 0 aliphatic heterocycles. The number of para-hydroxylation sites is 2. The van der Waals surface area contributed by atoms with Crippen LogP contribution >= 0.6 is 11.6 Å². The van der Waals surface area contributed by atoms with Gasteiger partial charge in [0.05, 0.1) is 28.8 Å². The van der Waals surface area contributed by atoms with E-state index in [1.165, 1.54) is 12.1 Å². The van der Waals surface area contributed by atoms with Gasteiger partial charge in [0, 0.05) is 10.9 Å². The summed E-state index contributed by atoms with van der Waals surface area (Å²) in [6, 6.07) is 11.8. The molecule has 0 saturated heterocycles. The fourth-order valence-electron chi connectivity index (χ4n) is 4.01. The van der Waals surface area contributed by atoms with E-state index in [1.54, 1.807) is 13.0 Å². The van der Waals surface area contributed by atoms with Crippen LogP contribution in [0.4, 0.5) is 5.69 Å². The number of ether oxygens (including phenoxy) is 1. The molecule has 3 rings (SSSR count). The summed E-state index contributed by atoms with van der Waals surface area (Å²) in [5.74, 6) is -0.394. The van der Waals surface area contributed by atoms with Crippen molar-refractivity contribution in [3.63, 3.8) is 0 Å². The van der Waals surface area contributed by atoms with Crippen LogP contribution in [0.1, 0.15) is 45.1 Å². The molecular formula is C24H31ClN2O5S. The van der Waals surface area contributed by atoms with E-state index in [4.69, 9.17) is 16.3 Å². The number of rotatable bonds is 7. The van der Waals surface area contributed by atoms with Crippen LogP contribution in [0.15, 0.2) is 47.4 Å². The summed E-state index contributed by atoms with van der Waals surface area (Å²) in [7, 11) is -4.05. The van der Waals surface area contributed by atoms with Crippen LogP contribution < -0.4 is 14.8 Å². The van der Waals surface area contributed by atoms with Crippen molar-refractivity contribution in [3.05, 3.63) is 53.1 Å². The third-order valence-corrected chi connectivity index (χ3v) is 7.71. The molecule has 2 aromatic carbocycles. The SMILES string of the molecule is Cc1c(Cl)cccc1S(=O)(=O)NC(=O)[C@@H]1CC[C@H](Nc2ccccc2OC(C)C)[C@@H](O)CC1. The molecule has 1 fully saturated rings. The Bertz CT molecular complexity index is 1090. The van der Waals surface area contributed by atoms with Crippen molar-refractivity contribution in [2.75, 3.05) is 5.32 Å². The number of aliphatic hydroxyl groups is 1. The van der Waals surface area contributed by atoms with Gasteiger partial charge in [0.2, 0.25) is 5.91 Å². The number of hydrogen-bond acceptors (Lipinski definition) is 6. The molecule has 3 N–H and O–H groups in total. The Morgan fingerprint density at radius 1 is 1.09 bits per heavy atom. The molecule has 0 heterocycles. The lowest BCUT2D eigenvalue weighted by atomic mass is 10.00. The molecule has 0 bridgehead atoms. The molecule has 0 spiro atoms. The lowest BCUT2D eigenvalue weighted by Crippen LogP contribution is -2.36. The summed E-state index contributed by atoms with van der Waals surface area (Å²) >= 11 is 6.04. The maximum atomic E-state index is 12.8. The van der Waals surface area contributed by atoms with E-state index in [1.807, 2.05) is 38.1 Å². The molecule has 1 aliphatic carbocycles. The van der Waals surface area contributed by atoms with Gasteiger partial charge in [-0.1, -0.05) is 29.8 Å². The van der Waals surface area contributed by atoms with Gasteiger partial charge in [-0.05, 0) is 76.3 Å². The number of halogens is 1. The van der Waals surface area contributed by atoms with Gasteiger partial charge in [0.25, 0.3) is 10.0 Å². The number of anilines is 1. The van der Waals surface area contributed by atoms with Crippen LogP contribution in [0, 0.1) is 12.8 Å². The zero-order valence-electron chi connectivity index (χ0n) is 19.0. The Hall–Kier alpha value is -2.29. The quantitative estimate of drug-likeness (QED) is 0.496. The van der Waals surface area contributed by atoms with Crippen LogP contribution in [0.3, 0.4) is 0 Å². The number of benzene rings is 2. The van der Waals surface area contributed by atoms with Gasteiger partial charge in [-0.15, -0.1) is 0 Å². The summed E-state index contributed by atoms with van der Waals surface area (Å²) in [6.07, 6.45) is 1.04. The van der Waals surface area contributed by atoms with Gasteiger partial charge < -0.3 is 15.2 Å². The molecule has 1 amide bonds. The monoisotopic (exact) mass is 494 g/mol. The number of sulfonamides is 1. The first-order valence-electron chi connectivity index (χ1n) is 11.1. The maximum absolute atomic E-state index is 12.8. The Morgan fingerprint density at radius 3 is 2.52 bits per heavy atom. The van der Waals surface area contributed by atoms with Gasteiger partial charge in [-0.3, -0.25) is 4.79 Å². The second-order valence-electron chi connectivity index (χ2n) is 8.67. The number of carbonyl (C=O) groups excluding carboxylic acids is 1. The highest BCUT2D eigenvalue weighted by atomic mass is 35.5. The minimum absolute atomic E-state index is 0.00478. The lowest BCUT2D eigenvalue weighted by Gasteiger charge is -2.24. The Labute approximate surface area is 200 Å². The number of amides is 1. The number of nitrogens with one attached hydrogen (secondary N) is 2. The zero-order chi connectivity index (χ0) is 24.2. The van der Waals surface area contributed by atoms with Crippen molar-refractivity contribution in [1.82, 2.24) is 4.72 Å². The predicted octanol–water partition coefficient (Wildman–Crippen LogP) is 4.27. The largest absolute Gasteiger partial charge is 0.489 e. The normalized spacial score (nSPS) is 21.3. The second kappa shape index (κ2) is 10.8. The van der Waals surface area contributed by atoms with E-state index in [9.17, 15) is 18.3 Å². The molecule has 180 valence electrons. The predicted molar refractivity (Wildman–Crippen MR) is 129 cm³/mol. The van der Waals surface area contributed by atoms with Gasteiger partial charge in [-0.2, -0.15) is 0 Å². The Balaban J connectivity index is 1.68. The van der Waals surface area contributed by atoms with Crippen molar-refractivity contribution in [3.8, 4) is 5.75 Å². The fourth-order valence-corrected chi connectivity index (χ4v) is 5.56. The molecule has 0 unspecified atom stereocenters. The van der Waals surface area contributed by atoms with E-state index >= 15 is 0 Å². The second-order valence-corrected chi connectivity index (χ2v) is 10.7. The summed E-state index contributed by atoms with van der Waals surface area (Å²) in [4.78, 5) is 12.8. The van der Waals surface area contributed by atoms with E-state index in [-0.39, 0.29) is 17.0 Å². The molecule has 1 aliphatic rings. The summed E-state index contributed by atoms with van der Waals surface area (Å²) < 4.78 is 33.6. The molecule has 9 heteroatoms. The van der Waals surface area contributed by atoms with E-state index in [0.29, 0.717) is 42.0 Å². The fraction of sp³-hybridized carbons (Fsp3) is 0.458. The summed E-state index contributed by atoms with van der Waals surface area (Å²) in [5.41, 5.74) is 1.17. The Kier molecular flexibility index (Phi) is 8.26. The average molecular weight is 495 g/mol. The summed E-state index contributed by atoms with van der Waals surface area (Å²) in [6.45, 7) is 5.49. The topological polar surface area (TPSA) is 105 Å². The minimum atomic E-state index is -4.05. The molecule has 1 saturated carbocycles. The van der Waals surface area contributed by atoms with Crippen molar-refractivity contribution in [2.24, 2.45) is 5.92 Å². The first-order valence-corrected chi connectivity index (χ1v) is 13.0. The summed E-state index contributed by atoms with van der Waals surface area (Å²) in [5, 5.41) is 14.4. The van der Waals surface area contributed by atoms with Gasteiger partial charge in [0.1, 0.15) is 5.75 Å². The van der Waals surface area contributed by atoms with Crippen molar-refractivity contribution < 1.29 is 23.1 Å². The zero-order valence-corrected chi connectivity index (χ0v) is 20.6. The van der Waals surface area contributed by atoms with Crippen LogP contribution in [-0.2, 0) is 14.8 Å². The van der Waals surface area contributed by atoms with E-state index in [2.05, 4.69) is 10.0 Å². The smallest absolute Gasteiger partial charge is 0.264 e. The lowest BCUT2D eigenvalue weighted by molar-refractivity contribution is -0.123. The first kappa shape index (κ1) is 25.3. The molecular weight excluding hydrogens is 464 g/mol. The number of aliphatic hydroxyl groups excluding tert-OH is 1. The Morgan fingerprint density at radius 2 is 1.79 bits per heavy atom. The molecule has 3 atom stereocenters. The van der Waals surface area contributed by atoms with Crippen LogP contribution in [0.5, 0.6) is 5.75 Å². The molecule has 7 nitrogen and oxygen atoms in total. The van der Waals surface area contributed by atoms with E-state index in [0.717, 1.165) is 5.69 Å². The highest BCUT2D eigenvalue weighted by molar-refractivity contribution is 7.90. The third-order valence-electron chi connectivity index (χ3n) is 5.81. The maximum Gasteiger partial charge on any atom is 0.264 e. The minimum Gasteiger partial charge on any atom is -0.489 e. The highest BCUT2D eigenvalue weighted by Gasteiger charge is 2.32. The molecule has 0 aromatic heterocycles. The number of carbonyl (C=O) groups is 1. The van der Waals surface area contributed by atoms with Crippen molar-refractivity contribution >= 4 is 33.2 Å². The van der Waals surface area contributed by atoms with E-state index < -0.39 is 28.0 Å². The highest BCUT2D eigenvalue weighted by Crippen LogP contribution is 2.31. The standard InChI is InChI=1S/C24H31ClN2O5S/c1-15(2)32-22-9-5-4-8-20(22)26-19-13-11-17(12-14-21(19)28)24(29)27-33(30,31)23-10-6-7-18(25)16(23)3/h4-10,15,17,19,21,26,28H,11-14H2,1-3H3,(H,27,29)/t17-,19+,21+/m1/s1. The first-order chi connectivity index (χ1) is 15.6. The van der Waals surface area contributed by atoms with Crippen LogP contribution in [0.25, 0.3) is 0 Å². The molecule has 2 aromatic rings. The van der Waals surface area contributed by atoms with Crippen LogP contribution in [0.2, 0.25) is 5.02 Å². The van der Waals surface area contributed by atoms with Crippen LogP contribution in [-0.4, -0.2) is 37.7 Å². The van der Waals surface area contributed by atoms with Gasteiger partial charge in [-0.25, -0.2) is 13.1 Å². The van der Waals surface area contributed by atoms with Crippen molar-refractivity contribution in [2.45, 2.75) is 69.6 Å². The third kappa shape index (κ3) is 6.40. The van der Waals surface area contributed by atoms with Gasteiger partial charge >= 0.3 is 0 Å².